The first-order valence-corrected chi connectivity index (χ1v) is 18.4. The van der Waals surface area contributed by atoms with E-state index in [1.807, 2.05) is 50.2 Å². The zero-order valence-electron chi connectivity index (χ0n) is 29.8. The zero-order chi connectivity index (χ0) is 36.7. The van der Waals surface area contributed by atoms with E-state index in [4.69, 9.17) is 14.0 Å². The van der Waals surface area contributed by atoms with Gasteiger partial charge in [0.15, 0.2) is 17.4 Å². The number of rotatable bonds is 12. The quantitative estimate of drug-likeness (QED) is 0.183. The van der Waals surface area contributed by atoms with Crippen molar-refractivity contribution in [2.45, 2.75) is 52.9 Å². The monoisotopic (exact) mass is 720 g/mol. The van der Waals surface area contributed by atoms with Crippen LogP contribution in [0.25, 0.3) is 22.3 Å². The van der Waals surface area contributed by atoms with Crippen molar-refractivity contribution in [3.63, 3.8) is 0 Å². The molecule has 1 fully saturated rings. The molecule has 14 nitrogen and oxygen atoms in total. The molecule has 3 atom stereocenters. The lowest BCUT2D eigenvalue weighted by Gasteiger charge is -2.37. The van der Waals surface area contributed by atoms with E-state index in [0.29, 0.717) is 5.70 Å². The van der Waals surface area contributed by atoms with Gasteiger partial charge in [0.2, 0.25) is 5.95 Å². The summed E-state index contributed by atoms with van der Waals surface area (Å²) in [4.78, 5) is 52.0. The summed E-state index contributed by atoms with van der Waals surface area (Å²) in [6.07, 6.45) is -0.892. The molecule has 2 aromatic heterocycles. The number of imidazole rings is 1. The minimum Gasteiger partial charge on any atom is -0.566 e. The lowest BCUT2D eigenvalue weighted by atomic mass is 9.98. The number of carbonyl (C=O) groups is 1. The molecule has 1 aliphatic carbocycles. The van der Waals surface area contributed by atoms with Gasteiger partial charge in [-0.05, 0) is 53.5 Å². The van der Waals surface area contributed by atoms with E-state index in [-0.39, 0.29) is 55.3 Å². The van der Waals surface area contributed by atoms with Crippen LogP contribution in [-0.2, 0) is 18.6 Å². The largest absolute Gasteiger partial charge is 0.566 e. The molecule has 1 saturated heterocycles. The summed E-state index contributed by atoms with van der Waals surface area (Å²) in [6.45, 7) is 18.2. The van der Waals surface area contributed by atoms with Gasteiger partial charge in [0.1, 0.15) is 19.3 Å². The summed E-state index contributed by atoms with van der Waals surface area (Å²) in [5.74, 6) is 0.129. The number of morpholine rings is 1. The number of amides is 1. The summed E-state index contributed by atoms with van der Waals surface area (Å²) < 4.78 is 29.5. The lowest BCUT2D eigenvalue weighted by Crippen LogP contribution is -3.11. The third kappa shape index (κ3) is 8.89. The Morgan fingerprint density at radius 2 is 1.71 bits per heavy atom. The second kappa shape index (κ2) is 17.2. The molecule has 6 rings (SSSR count). The van der Waals surface area contributed by atoms with Gasteiger partial charge in [0, 0.05) is 11.6 Å². The molecule has 2 aromatic carbocycles. The number of nitrogens with one attached hydrogen (secondary N) is 3. The Morgan fingerprint density at radius 3 is 2.27 bits per heavy atom. The van der Waals surface area contributed by atoms with Crippen molar-refractivity contribution >= 4 is 31.5 Å². The van der Waals surface area contributed by atoms with Crippen molar-refractivity contribution < 1.29 is 33.2 Å². The van der Waals surface area contributed by atoms with Gasteiger partial charge in [0.25, 0.3) is 5.56 Å². The molecule has 0 saturated carbocycles. The predicted molar refractivity (Wildman–Crippen MR) is 192 cm³/mol. The van der Waals surface area contributed by atoms with Crippen LogP contribution in [0.4, 0.5) is 10.7 Å². The van der Waals surface area contributed by atoms with Gasteiger partial charge in [-0.15, -0.1) is 4.52 Å². The number of anilines is 1. The Labute approximate surface area is 298 Å². The second-order valence-electron chi connectivity index (χ2n) is 12.8. The Hall–Kier alpha value is -4.46. The van der Waals surface area contributed by atoms with E-state index < -0.39 is 32.2 Å². The normalized spacial score (nSPS) is 17.2. The molecule has 1 amide bonds. The highest BCUT2D eigenvalue weighted by molar-refractivity contribution is 7.30. The Kier molecular flexibility index (Phi) is 12.7. The first-order chi connectivity index (χ1) is 24.5. The molecule has 3 heterocycles. The number of nitrogens with zero attached hydrogens (tertiary/aromatic N) is 4. The van der Waals surface area contributed by atoms with Crippen LogP contribution in [0.1, 0.15) is 57.9 Å². The number of benzene rings is 2. The SMILES string of the molecule is C=C(Nc1nc2c(ncn2C2CN(C(=O)OCC3c4ccccc4-c4ccccc43)CC(CO[P+](=O)[O-])O2)c(=O)[nH]1)C(C)C.CC[NH+](CC)CC. The predicted octanol–water partition coefficient (Wildman–Crippen LogP) is 3.82. The van der Waals surface area contributed by atoms with Crippen LogP contribution in [0.3, 0.4) is 0 Å². The van der Waals surface area contributed by atoms with Crippen LogP contribution in [0.2, 0.25) is 0 Å². The highest BCUT2D eigenvalue weighted by Crippen LogP contribution is 2.44. The molecule has 15 heteroatoms. The molecular weight excluding hydrogens is 673 g/mol. The van der Waals surface area contributed by atoms with Crippen molar-refractivity contribution in [1.29, 1.82) is 0 Å². The molecule has 4 aromatic rings. The molecule has 3 N–H and O–H groups in total. The Balaban J connectivity index is 0.000000654. The number of hydrogen-bond donors (Lipinski definition) is 3. The molecule has 2 aliphatic rings. The van der Waals surface area contributed by atoms with Gasteiger partial charge >= 0.3 is 14.3 Å². The van der Waals surface area contributed by atoms with Crippen molar-refractivity contribution in [2.24, 2.45) is 5.92 Å². The van der Waals surface area contributed by atoms with Gasteiger partial charge in [-0.1, -0.05) is 69.0 Å². The molecule has 272 valence electrons. The maximum absolute atomic E-state index is 13.5. The average molecular weight is 721 g/mol. The van der Waals surface area contributed by atoms with Crippen molar-refractivity contribution in [1.82, 2.24) is 24.4 Å². The van der Waals surface area contributed by atoms with Gasteiger partial charge in [-0.25, -0.2) is 9.78 Å². The molecular formula is C36H47N7O7P+. The topological polar surface area (TPSA) is 168 Å². The summed E-state index contributed by atoms with van der Waals surface area (Å²) in [6, 6.07) is 16.1. The lowest BCUT2D eigenvalue weighted by molar-refractivity contribution is -0.894. The molecule has 51 heavy (non-hydrogen) atoms. The van der Waals surface area contributed by atoms with E-state index in [2.05, 4.69) is 59.8 Å². The van der Waals surface area contributed by atoms with Crippen LogP contribution in [-0.4, -0.2) is 82.6 Å². The number of carbonyl (C=O) groups excluding carboxylic acids is 1. The first kappa shape index (κ1) is 37.8. The highest BCUT2D eigenvalue weighted by atomic mass is 31.1. The highest BCUT2D eigenvalue weighted by Gasteiger charge is 2.36. The van der Waals surface area contributed by atoms with E-state index in [1.165, 1.54) is 35.4 Å². The van der Waals surface area contributed by atoms with Crippen LogP contribution in [0.15, 0.2) is 71.9 Å². The number of aromatic amines is 1. The van der Waals surface area contributed by atoms with Crippen molar-refractivity contribution in [3.05, 3.63) is 88.6 Å². The molecule has 1 aliphatic heterocycles. The number of aromatic nitrogens is 4. The van der Waals surface area contributed by atoms with Gasteiger partial charge in [-0.2, -0.15) is 4.98 Å². The fraction of sp³-hybridized carbons (Fsp3) is 0.444. The number of quaternary nitrogens is 1. The van der Waals surface area contributed by atoms with E-state index >= 15 is 0 Å². The maximum Gasteiger partial charge on any atom is 0.488 e. The third-order valence-corrected chi connectivity index (χ3v) is 9.69. The minimum atomic E-state index is -3.14. The number of hydrogen-bond acceptors (Lipinski definition) is 10. The Bertz CT molecular complexity index is 1860. The number of allylic oxidation sites excluding steroid dienone is 1. The maximum atomic E-state index is 13.5. The number of H-pyrrole nitrogens is 1. The second-order valence-corrected chi connectivity index (χ2v) is 13.5. The fourth-order valence-corrected chi connectivity index (χ4v) is 6.57. The third-order valence-electron chi connectivity index (χ3n) is 9.33. The number of ether oxygens (including phenoxy) is 2. The summed E-state index contributed by atoms with van der Waals surface area (Å²) in [5.41, 5.74) is 4.85. The first-order valence-electron chi connectivity index (χ1n) is 17.3. The van der Waals surface area contributed by atoms with E-state index in [0.717, 1.165) is 22.3 Å². The van der Waals surface area contributed by atoms with Crippen molar-refractivity contribution in [2.75, 3.05) is 51.3 Å². The summed E-state index contributed by atoms with van der Waals surface area (Å²) >= 11 is 0. The zero-order valence-corrected chi connectivity index (χ0v) is 30.7. The number of fused-ring (bicyclic) bond motifs is 4. The van der Waals surface area contributed by atoms with Crippen LogP contribution < -0.4 is 20.7 Å². The minimum absolute atomic E-state index is 0.0258. The van der Waals surface area contributed by atoms with Crippen LogP contribution in [0.5, 0.6) is 0 Å². The van der Waals surface area contributed by atoms with Crippen LogP contribution in [0, 0.1) is 5.92 Å². The molecule has 0 bridgehead atoms. The molecule has 0 spiro atoms. The van der Waals surface area contributed by atoms with Gasteiger partial charge < -0.3 is 29.5 Å². The van der Waals surface area contributed by atoms with Gasteiger partial charge in [0.05, 0.1) is 39.1 Å². The summed E-state index contributed by atoms with van der Waals surface area (Å²) in [7, 11) is -3.14. The van der Waals surface area contributed by atoms with Crippen LogP contribution >= 0.6 is 8.25 Å². The van der Waals surface area contributed by atoms with E-state index in [1.54, 1.807) is 4.90 Å². The smallest absolute Gasteiger partial charge is 0.488 e. The molecule has 3 unspecified atom stereocenters. The standard InChI is InChI=1S/C30H31N6O7P.C6H15N/c1-17(2)18(3)32-29-33-27-26(28(37)34-29)31-16-36(27)25-13-35(12-19(43-25)14-42-44(39)40)30(38)41-15-24-22-10-6-4-8-20(22)21-9-5-7-11-23(21)24;1-4-7(5-2)6-3/h4-11,16-17,19,24-25H,3,12-15H2,1-2H3,(H2,32,33,34,37);4-6H2,1-3H3/p+1. The summed E-state index contributed by atoms with van der Waals surface area (Å²) in [5, 5.41) is 3.01. The van der Waals surface area contributed by atoms with Crippen molar-refractivity contribution in [3.8, 4) is 11.1 Å². The molecule has 0 radical (unpaired) electrons. The van der Waals surface area contributed by atoms with E-state index in [9.17, 15) is 19.0 Å². The fourth-order valence-electron chi connectivity index (χ4n) is 6.28. The van der Waals surface area contributed by atoms with Gasteiger partial charge in [-0.3, -0.25) is 14.3 Å². The average Bonchev–Trinajstić information content (AvgIpc) is 3.70. The Morgan fingerprint density at radius 1 is 1.08 bits per heavy atom.